The van der Waals surface area contributed by atoms with Gasteiger partial charge in [-0.05, 0) is 73.7 Å². The quantitative estimate of drug-likeness (QED) is 0.746. The number of anilines is 1. The second-order valence-corrected chi connectivity index (χ2v) is 7.19. The van der Waals surface area contributed by atoms with Crippen LogP contribution in [-0.2, 0) is 0 Å². The van der Waals surface area contributed by atoms with Crippen molar-refractivity contribution in [3.63, 3.8) is 0 Å². The van der Waals surface area contributed by atoms with Crippen LogP contribution in [-0.4, -0.2) is 42.8 Å². The van der Waals surface area contributed by atoms with Gasteiger partial charge in [0.2, 0.25) is 0 Å². The predicted octanol–water partition coefficient (Wildman–Crippen LogP) is 3.33. The summed E-state index contributed by atoms with van der Waals surface area (Å²) >= 11 is 0. The van der Waals surface area contributed by atoms with Gasteiger partial charge >= 0.3 is 6.03 Å². The molecule has 1 aliphatic heterocycles. The Balaban J connectivity index is 1.60. The summed E-state index contributed by atoms with van der Waals surface area (Å²) in [5.41, 5.74) is 4.41. The van der Waals surface area contributed by atoms with E-state index < -0.39 is 0 Å². The van der Waals surface area contributed by atoms with Crippen molar-refractivity contribution in [1.29, 1.82) is 0 Å². The van der Waals surface area contributed by atoms with Gasteiger partial charge in [0.15, 0.2) is 0 Å². The topological polar surface area (TPSA) is 102 Å². The highest BCUT2D eigenvalue weighted by Crippen LogP contribution is 2.32. The summed E-state index contributed by atoms with van der Waals surface area (Å²) in [5.74, 6) is 0.751. The minimum absolute atomic E-state index is 0.0738. The first-order valence-electron chi connectivity index (χ1n) is 9.38. The first-order chi connectivity index (χ1) is 13.5. The van der Waals surface area contributed by atoms with Crippen LogP contribution in [0.1, 0.15) is 47.9 Å². The van der Waals surface area contributed by atoms with Crippen LogP contribution < -0.4 is 5.32 Å². The van der Waals surface area contributed by atoms with E-state index in [-0.39, 0.29) is 12.1 Å². The van der Waals surface area contributed by atoms with Crippen molar-refractivity contribution in [3.8, 4) is 5.69 Å². The normalized spacial score (nSPS) is 17.0. The largest absolute Gasteiger partial charge is 0.361 e. The Morgan fingerprint density at radius 1 is 1.21 bits per heavy atom. The third-order valence-electron chi connectivity index (χ3n) is 5.26. The van der Waals surface area contributed by atoms with Crippen molar-refractivity contribution in [2.24, 2.45) is 0 Å². The van der Waals surface area contributed by atoms with E-state index >= 15 is 0 Å². The molecule has 0 saturated carbocycles. The molecule has 4 rings (SSSR count). The molecule has 2 aromatic heterocycles. The standard InChI is InChI=1S/C19H23N7O2/c1-12-8-15(26-11-20-23-24-26)10-16(14(12)3)21-19(27)25-7-5-4-6-18(25)17-9-13(2)28-22-17/h8-11,18H,4-7H2,1-3H3,(H,21,27)/t18-/m1/s1. The van der Waals surface area contributed by atoms with Crippen LogP contribution in [0, 0.1) is 20.8 Å². The average Bonchev–Trinajstić information content (AvgIpc) is 3.37. The van der Waals surface area contributed by atoms with Gasteiger partial charge in [-0.2, -0.15) is 0 Å². The van der Waals surface area contributed by atoms with Gasteiger partial charge in [0.05, 0.1) is 11.7 Å². The molecule has 0 aliphatic carbocycles. The van der Waals surface area contributed by atoms with E-state index in [4.69, 9.17) is 4.52 Å². The molecule has 1 N–H and O–H groups in total. The van der Waals surface area contributed by atoms with E-state index in [9.17, 15) is 4.79 Å². The third-order valence-corrected chi connectivity index (χ3v) is 5.26. The number of benzene rings is 1. The number of nitrogens with zero attached hydrogens (tertiary/aromatic N) is 6. The molecule has 3 aromatic rings. The van der Waals surface area contributed by atoms with Crippen molar-refractivity contribution < 1.29 is 9.32 Å². The molecule has 28 heavy (non-hydrogen) atoms. The van der Waals surface area contributed by atoms with Gasteiger partial charge in [-0.15, -0.1) is 5.10 Å². The second kappa shape index (κ2) is 7.41. The monoisotopic (exact) mass is 381 g/mol. The number of carbonyl (C=O) groups is 1. The Kier molecular flexibility index (Phi) is 4.81. The van der Waals surface area contributed by atoms with Gasteiger partial charge in [-0.25, -0.2) is 9.48 Å². The van der Waals surface area contributed by atoms with Crippen LogP contribution >= 0.6 is 0 Å². The van der Waals surface area contributed by atoms with E-state index in [0.717, 1.165) is 53.2 Å². The van der Waals surface area contributed by atoms with E-state index in [1.807, 2.05) is 43.9 Å². The Bertz CT molecular complexity index is 980. The molecule has 1 fully saturated rings. The molecule has 9 nitrogen and oxygen atoms in total. The number of nitrogens with one attached hydrogen (secondary N) is 1. The fourth-order valence-electron chi connectivity index (χ4n) is 3.59. The summed E-state index contributed by atoms with van der Waals surface area (Å²) in [7, 11) is 0. The fraction of sp³-hybridized carbons (Fsp3) is 0.421. The molecule has 9 heteroatoms. The summed E-state index contributed by atoms with van der Waals surface area (Å²) in [6.45, 7) is 6.54. The smallest absolute Gasteiger partial charge is 0.322 e. The van der Waals surface area contributed by atoms with Crippen molar-refractivity contribution in [2.45, 2.75) is 46.1 Å². The molecule has 1 atom stereocenters. The lowest BCUT2D eigenvalue weighted by Gasteiger charge is -2.34. The number of aromatic nitrogens is 5. The zero-order valence-corrected chi connectivity index (χ0v) is 16.2. The molecule has 0 unspecified atom stereocenters. The number of hydrogen-bond donors (Lipinski definition) is 1. The van der Waals surface area contributed by atoms with Crippen LogP contribution in [0.3, 0.4) is 0 Å². The molecule has 146 valence electrons. The number of amides is 2. The lowest BCUT2D eigenvalue weighted by molar-refractivity contribution is 0.159. The van der Waals surface area contributed by atoms with Gasteiger partial charge in [0, 0.05) is 18.3 Å². The molecule has 0 radical (unpaired) electrons. The summed E-state index contributed by atoms with van der Waals surface area (Å²) in [6, 6.07) is 5.57. The van der Waals surface area contributed by atoms with Crippen LogP contribution in [0.4, 0.5) is 10.5 Å². The molecule has 3 heterocycles. The maximum Gasteiger partial charge on any atom is 0.322 e. The van der Waals surface area contributed by atoms with E-state index in [1.165, 1.54) is 6.33 Å². The molecule has 1 saturated heterocycles. The minimum Gasteiger partial charge on any atom is -0.361 e. The molecule has 1 aromatic carbocycles. The van der Waals surface area contributed by atoms with Gasteiger partial charge in [0.1, 0.15) is 17.8 Å². The fourth-order valence-corrected chi connectivity index (χ4v) is 3.59. The van der Waals surface area contributed by atoms with E-state index in [0.29, 0.717) is 6.54 Å². The minimum atomic E-state index is -0.137. The first kappa shape index (κ1) is 18.1. The van der Waals surface area contributed by atoms with Crippen molar-refractivity contribution in [2.75, 3.05) is 11.9 Å². The predicted molar refractivity (Wildman–Crippen MR) is 102 cm³/mol. The molecule has 1 aliphatic rings. The molecule has 0 bridgehead atoms. The van der Waals surface area contributed by atoms with Crippen molar-refractivity contribution in [3.05, 3.63) is 47.1 Å². The Labute approximate surface area is 162 Å². The summed E-state index contributed by atoms with van der Waals surface area (Å²) in [5, 5.41) is 18.5. The van der Waals surface area contributed by atoms with Gasteiger partial charge < -0.3 is 14.7 Å². The number of urea groups is 1. The number of hydrogen-bond acceptors (Lipinski definition) is 6. The number of likely N-dealkylation sites (tertiary alicyclic amines) is 1. The lowest BCUT2D eigenvalue weighted by atomic mass is 9.99. The van der Waals surface area contributed by atoms with Gasteiger partial charge in [-0.1, -0.05) is 5.16 Å². The van der Waals surface area contributed by atoms with Crippen molar-refractivity contribution >= 4 is 11.7 Å². The molecule has 2 amide bonds. The molecular weight excluding hydrogens is 358 g/mol. The number of aryl methyl sites for hydroxylation is 2. The average molecular weight is 381 g/mol. The molecular formula is C19H23N7O2. The highest BCUT2D eigenvalue weighted by atomic mass is 16.5. The summed E-state index contributed by atoms with van der Waals surface area (Å²) in [6.07, 6.45) is 4.45. The zero-order valence-electron chi connectivity index (χ0n) is 16.2. The number of rotatable bonds is 3. The number of piperidine rings is 1. The van der Waals surface area contributed by atoms with Gasteiger partial charge in [-0.3, -0.25) is 0 Å². The van der Waals surface area contributed by atoms with Gasteiger partial charge in [0.25, 0.3) is 0 Å². The van der Waals surface area contributed by atoms with Crippen molar-refractivity contribution in [1.82, 2.24) is 30.3 Å². The highest BCUT2D eigenvalue weighted by molar-refractivity contribution is 5.91. The Hall–Kier alpha value is -3.23. The number of tetrazole rings is 1. The first-order valence-corrected chi connectivity index (χ1v) is 9.38. The number of carbonyl (C=O) groups excluding carboxylic acids is 1. The third kappa shape index (κ3) is 3.47. The Morgan fingerprint density at radius 2 is 2.07 bits per heavy atom. The Morgan fingerprint density at radius 3 is 2.79 bits per heavy atom. The summed E-state index contributed by atoms with van der Waals surface area (Å²) in [4.78, 5) is 15.0. The SMILES string of the molecule is Cc1cc([C@H]2CCCCN2C(=O)Nc2cc(-n3cnnn3)cc(C)c2C)no1. The maximum absolute atomic E-state index is 13.1. The van der Waals surface area contributed by atoms with Crippen LogP contribution in [0.5, 0.6) is 0 Å². The zero-order chi connectivity index (χ0) is 19.7. The second-order valence-electron chi connectivity index (χ2n) is 7.19. The van der Waals surface area contributed by atoms with Crippen LogP contribution in [0.15, 0.2) is 29.0 Å². The van der Waals surface area contributed by atoms with E-state index in [1.54, 1.807) is 4.68 Å². The highest BCUT2D eigenvalue weighted by Gasteiger charge is 2.30. The van der Waals surface area contributed by atoms with Crippen LogP contribution in [0.25, 0.3) is 5.69 Å². The lowest BCUT2D eigenvalue weighted by Crippen LogP contribution is -2.41. The van der Waals surface area contributed by atoms with E-state index in [2.05, 4.69) is 26.0 Å². The maximum atomic E-state index is 13.1. The molecule has 0 spiro atoms. The van der Waals surface area contributed by atoms with Crippen LogP contribution in [0.2, 0.25) is 0 Å². The summed E-state index contributed by atoms with van der Waals surface area (Å²) < 4.78 is 6.80.